The van der Waals surface area contributed by atoms with E-state index in [1.165, 1.54) is 38.1 Å². The van der Waals surface area contributed by atoms with E-state index in [0.29, 0.717) is 34.8 Å². The Bertz CT molecular complexity index is 3020. The van der Waals surface area contributed by atoms with E-state index < -0.39 is 58.9 Å². The molecule has 424 valence electrons. The zero-order valence-electron chi connectivity index (χ0n) is 46.1. The van der Waals surface area contributed by atoms with Gasteiger partial charge in [0.1, 0.15) is 59.7 Å². The number of aromatic nitrogens is 1. The first-order valence-electron chi connectivity index (χ1n) is 26.0. The lowest BCUT2D eigenvalue weighted by Crippen LogP contribution is -2.71. The summed E-state index contributed by atoms with van der Waals surface area (Å²) in [5, 5.41) is 13.5. The number of nitrogens with zero attached hydrogens (tertiary/aromatic N) is 4. The number of hydrogen-bond donors (Lipinski definition) is 3. The van der Waals surface area contributed by atoms with Gasteiger partial charge in [0.05, 0.1) is 44.4 Å². The number of methoxy groups -OCH3 is 2. The number of benzene rings is 3. The van der Waals surface area contributed by atoms with Crippen molar-refractivity contribution < 1.29 is 71.1 Å². The summed E-state index contributed by atoms with van der Waals surface area (Å²) in [4.78, 5) is 92.5. The number of thioether (sulfide) groups is 1. The number of piperidine rings is 3. The number of oxime groups is 1. The molecule has 2 bridgehead atoms. The van der Waals surface area contributed by atoms with E-state index >= 15 is 0 Å². The zero-order chi connectivity index (χ0) is 57.5. The lowest BCUT2D eigenvalue weighted by atomic mass is 9.70. The van der Waals surface area contributed by atoms with Crippen LogP contribution in [0.3, 0.4) is 0 Å². The third kappa shape index (κ3) is 13.6. The van der Waals surface area contributed by atoms with Crippen LogP contribution in [-0.4, -0.2) is 148 Å². The number of nitrogens with one attached hydrogen (secondary N) is 3. The molecule has 9 rings (SSSR count). The summed E-state index contributed by atoms with van der Waals surface area (Å²) in [5.41, 5.74) is 1.57. The van der Waals surface area contributed by atoms with Crippen LogP contribution < -0.4 is 34.9 Å². The first-order valence-corrected chi connectivity index (χ1v) is 28.3. The minimum atomic E-state index is -1.19. The molecule has 80 heavy (non-hydrogen) atoms. The van der Waals surface area contributed by atoms with Crippen molar-refractivity contribution in [3.05, 3.63) is 105 Å². The second kappa shape index (κ2) is 25.2. The molecule has 4 saturated heterocycles. The van der Waals surface area contributed by atoms with Crippen molar-refractivity contribution in [3.63, 3.8) is 0 Å². The molecule has 4 amide bonds. The lowest BCUT2D eigenvalue weighted by Gasteiger charge is -2.56. The van der Waals surface area contributed by atoms with Gasteiger partial charge in [0.15, 0.2) is 22.3 Å². The number of thiazole rings is 1. The Hall–Kier alpha value is -6.95. The highest BCUT2D eigenvalue weighted by molar-refractivity contribution is 8.00. The number of quaternary nitrogens is 1. The summed E-state index contributed by atoms with van der Waals surface area (Å²) in [5.74, 6) is -1.09. The van der Waals surface area contributed by atoms with E-state index in [1.807, 2.05) is 48.5 Å². The normalized spacial score (nSPS) is 20.8. The van der Waals surface area contributed by atoms with Crippen LogP contribution in [0.15, 0.2) is 82.5 Å². The molecule has 0 aliphatic carbocycles. The number of halogens is 1. The molecule has 4 aromatic rings. The van der Waals surface area contributed by atoms with Crippen molar-refractivity contribution in [2.75, 3.05) is 58.0 Å². The molecule has 3 aromatic carbocycles. The molecule has 0 radical (unpaired) electrons. The van der Waals surface area contributed by atoms with Gasteiger partial charge in [0.25, 0.3) is 17.7 Å². The summed E-state index contributed by atoms with van der Waals surface area (Å²) in [6.45, 7) is 12.2. The van der Waals surface area contributed by atoms with Crippen molar-refractivity contribution in [2.24, 2.45) is 16.5 Å². The number of rotatable bonds is 22. The minimum Gasteiger partial charge on any atom is -0.541 e. The van der Waals surface area contributed by atoms with Gasteiger partial charge in [-0.3, -0.25) is 24.6 Å². The summed E-state index contributed by atoms with van der Waals surface area (Å²) < 4.78 is 39.3. The summed E-state index contributed by atoms with van der Waals surface area (Å²) >= 11 is 9.44. The van der Waals surface area contributed by atoms with E-state index in [0.717, 1.165) is 72.7 Å². The van der Waals surface area contributed by atoms with Gasteiger partial charge in [-0.25, -0.2) is 19.4 Å². The van der Waals surface area contributed by atoms with E-state index in [1.54, 1.807) is 61.0 Å². The van der Waals surface area contributed by atoms with Crippen LogP contribution in [-0.2, 0) is 51.3 Å². The summed E-state index contributed by atoms with van der Waals surface area (Å²) in [6, 6.07) is 17.2. The number of β-lactam (4-membered cyclic amide) rings is 1. The predicted molar refractivity (Wildman–Crippen MR) is 304 cm³/mol. The average molecular weight is 1160 g/mol. The summed E-state index contributed by atoms with van der Waals surface area (Å²) in [7, 11) is 5.67. The highest BCUT2D eigenvalue weighted by Gasteiger charge is 2.56. The van der Waals surface area contributed by atoms with Crippen molar-refractivity contribution in [1.29, 1.82) is 0 Å². The van der Waals surface area contributed by atoms with Crippen molar-refractivity contribution in [3.8, 4) is 23.0 Å². The van der Waals surface area contributed by atoms with Gasteiger partial charge in [-0.2, -0.15) is 0 Å². The third-order valence-electron chi connectivity index (χ3n) is 14.5. The average Bonchev–Trinajstić information content (AvgIpc) is 3.91. The van der Waals surface area contributed by atoms with Gasteiger partial charge in [-0.05, 0) is 68.3 Å². The molecule has 4 fully saturated rings. The molecule has 6 heterocycles. The topological polar surface area (TPSA) is 241 Å². The Kier molecular flexibility index (Phi) is 18.7. The molecule has 1 aromatic heterocycles. The maximum Gasteiger partial charge on any atom is 0.413 e. The highest BCUT2D eigenvalue weighted by atomic mass is 35.5. The first-order chi connectivity index (χ1) is 38.2. The molecular formula is C54H65B2ClN7O14S2+. The van der Waals surface area contributed by atoms with Crippen LogP contribution >= 0.6 is 34.7 Å². The second-order valence-electron chi connectivity index (χ2n) is 21.3. The van der Waals surface area contributed by atoms with E-state index in [-0.39, 0.29) is 63.1 Å². The standard InChI is InChI=1S/C54H64B2ClN7O14S2/c1-30(2)43(50(69)77-56)78-62-40(37-28-80-51(59-37)61-52(70)75-53(3,4)5)46(66)60-41-47(67)63-42(49(68)76-55)33(27-79-48(41)63)24-64-21-18-54(19-22-64,20-23-64)29-58-45(65)36-16-17-38(73-25-31-8-12-34(71-6)13-9-31)44(39(36)57)74-26-32-10-14-35(72-7)15-11-32/h8-17,28,30,41,43,48H,18-27,29,55-56H2,1-7H3,(H2-,58,59,60,61,65,66,70)/p+1/b62-40-/t41-,43+,48-,54?,64?/m1/s1. The Labute approximate surface area is 479 Å². The number of carbonyl (C=O) groups is 6. The minimum absolute atomic E-state index is 0.0182. The molecule has 0 spiro atoms. The van der Waals surface area contributed by atoms with Gasteiger partial charge in [-0.15, -0.1) is 23.1 Å². The fourth-order valence-corrected chi connectivity index (χ4v) is 12.2. The fraction of sp³-hybridized carbons (Fsp3) is 0.444. The highest BCUT2D eigenvalue weighted by Crippen LogP contribution is 2.47. The van der Waals surface area contributed by atoms with Gasteiger partial charge in [0, 0.05) is 53.8 Å². The van der Waals surface area contributed by atoms with Gasteiger partial charge in [-0.1, -0.05) is 54.9 Å². The molecule has 3 atom stereocenters. The first kappa shape index (κ1) is 59.2. The SMILES string of the molecule is BOC(=O)C1=C(C[N+]23CCC(CNC(=O)c4ccc(OCc5ccc(OC)cc5)c(OCc5ccc(OC)cc5)c4Cl)(CC2)CC3)CS[C@@H]2[C@H](NC(=O)/C(=N\O[C@H](C(=O)OB)C(C)C)c3csc(NC(=O)OC(C)(C)C)n3)C(=O)N12. The van der Waals surface area contributed by atoms with Gasteiger partial charge < -0.3 is 52.9 Å². The number of amides is 4. The number of hydrogen-bond acceptors (Lipinski definition) is 18. The fourth-order valence-electron chi connectivity index (χ4n) is 9.92. The van der Waals surface area contributed by atoms with Crippen molar-refractivity contribution in [1.82, 2.24) is 20.5 Å². The van der Waals surface area contributed by atoms with Crippen LogP contribution in [0.25, 0.3) is 0 Å². The third-order valence-corrected chi connectivity index (χ3v) is 17.0. The van der Waals surface area contributed by atoms with Gasteiger partial charge in [0.2, 0.25) is 6.10 Å². The van der Waals surface area contributed by atoms with Crippen LogP contribution in [0.4, 0.5) is 9.93 Å². The maximum atomic E-state index is 14.2. The number of carbonyl (C=O) groups excluding carboxylic acids is 6. The van der Waals surface area contributed by atoms with Crippen LogP contribution in [0.5, 0.6) is 23.0 Å². The Morgan fingerprint density at radius 1 is 0.900 bits per heavy atom. The zero-order valence-corrected chi connectivity index (χ0v) is 48.5. The smallest absolute Gasteiger partial charge is 0.413 e. The molecule has 0 saturated carbocycles. The maximum absolute atomic E-state index is 14.2. The second-order valence-corrected chi connectivity index (χ2v) is 23.7. The van der Waals surface area contributed by atoms with E-state index in [9.17, 15) is 28.8 Å². The molecule has 5 aliphatic heterocycles. The number of fused-ring (bicyclic) bond motifs is 4. The molecule has 26 heteroatoms. The van der Waals surface area contributed by atoms with Crippen molar-refractivity contribution >= 4 is 97.4 Å². The lowest BCUT2D eigenvalue weighted by molar-refractivity contribution is -0.941. The summed E-state index contributed by atoms with van der Waals surface area (Å²) in [6.07, 6.45) is 0.473. The van der Waals surface area contributed by atoms with Crippen molar-refractivity contribution in [2.45, 2.75) is 90.2 Å². The van der Waals surface area contributed by atoms with Crippen LogP contribution in [0, 0.1) is 11.3 Å². The monoisotopic (exact) mass is 1160 g/mol. The Morgan fingerprint density at radius 3 is 2.10 bits per heavy atom. The number of anilines is 1. The number of ether oxygens (including phenoxy) is 5. The van der Waals surface area contributed by atoms with Crippen LogP contribution in [0.1, 0.15) is 81.1 Å². The molecule has 3 N–H and O–H groups in total. The van der Waals surface area contributed by atoms with E-state index in [4.69, 9.17) is 49.4 Å². The molecule has 0 unspecified atom stereocenters. The van der Waals surface area contributed by atoms with Gasteiger partial charge >= 0.3 is 34.1 Å². The Morgan fingerprint density at radius 2 is 1.52 bits per heavy atom. The molecular weight excluding hydrogens is 1090 g/mol. The molecule has 5 aliphatic rings. The predicted octanol–water partition coefficient (Wildman–Crippen LogP) is 5.33. The Balaban J connectivity index is 0.922. The largest absolute Gasteiger partial charge is 0.541 e. The quantitative estimate of drug-likeness (QED) is 0.0296. The molecule has 21 nitrogen and oxygen atoms in total. The van der Waals surface area contributed by atoms with Crippen LogP contribution in [0.2, 0.25) is 5.02 Å². The van der Waals surface area contributed by atoms with E-state index in [2.05, 4.69) is 26.1 Å².